The summed E-state index contributed by atoms with van der Waals surface area (Å²) in [7, 11) is 1.50. The van der Waals surface area contributed by atoms with Crippen LogP contribution in [0.1, 0.15) is 10.4 Å². The molecule has 0 fully saturated rings. The topological polar surface area (TPSA) is 91.3 Å². The van der Waals surface area contributed by atoms with E-state index in [0.717, 1.165) is 0 Å². The van der Waals surface area contributed by atoms with Crippen molar-refractivity contribution in [2.24, 2.45) is 0 Å². The zero-order valence-electron chi connectivity index (χ0n) is 8.45. The number of amides is 1. The second-order valence-electron chi connectivity index (χ2n) is 2.88. The van der Waals surface area contributed by atoms with Crippen molar-refractivity contribution >= 4 is 33.6 Å². The van der Waals surface area contributed by atoms with Gasteiger partial charge >= 0.3 is 5.97 Å². The summed E-state index contributed by atoms with van der Waals surface area (Å²) in [5.41, 5.74) is 0.0123. The van der Waals surface area contributed by atoms with Crippen LogP contribution in [0.5, 0.6) is 0 Å². The van der Waals surface area contributed by atoms with Crippen LogP contribution in [0.3, 0.4) is 0 Å². The number of nitrogens with zero attached hydrogens (tertiary/aromatic N) is 1. The maximum atomic E-state index is 11.0. The lowest BCUT2D eigenvalue weighted by atomic mass is 10.2. The fraction of sp³-hybridized carbons (Fsp3) is 0.222. The monoisotopic (exact) mass is 287 g/mol. The van der Waals surface area contributed by atoms with Gasteiger partial charge in [-0.05, 0) is 22.0 Å². The van der Waals surface area contributed by atoms with Crippen LogP contribution >= 0.6 is 15.9 Å². The summed E-state index contributed by atoms with van der Waals surface area (Å²) in [6.45, 7) is -0.0224. The number of aromatic nitrogens is 1. The highest BCUT2D eigenvalue weighted by atomic mass is 79.9. The third-order valence-electron chi connectivity index (χ3n) is 1.78. The first-order chi connectivity index (χ1) is 7.54. The van der Waals surface area contributed by atoms with Crippen LogP contribution in [-0.2, 0) is 4.79 Å². The largest absolute Gasteiger partial charge is 0.478 e. The molecule has 1 aromatic heterocycles. The summed E-state index contributed by atoms with van der Waals surface area (Å²) in [6, 6.07) is 1.42. The molecule has 0 spiro atoms. The van der Waals surface area contributed by atoms with Crippen LogP contribution in [0.2, 0.25) is 0 Å². The molecule has 16 heavy (non-hydrogen) atoms. The Morgan fingerprint density at radius 2 is 2.25 bits per heavy atom. The van der Waals surface area contributed by atoms with Crippen molar-refractivity contribution in [2.75, 3.05) is 18.9 Å². The maximum absolute atomic E-state index is 11.0. The third kappa shape index (κ3) is 3.20. The van der Waals surface area contributed by atoms with Crippen LogP contribution in [0.25, 0.3) is 0 Å². The van der Waals surface area contributed by atoms with Gasteiger partial charge in [0, 0.05) is 17.7 Å². The van der Waals surface area contributed by atoms with Crippen LogP contribution < -0.4 is 10.6 Å². The highest BCUT2D eigenvalue weighted by Gasteiger charge is 2.12. The normalized spacial score (nSPS) is 9.62. The summed E-state index contributed by atoms with van der Waals surface area (Å²) in [6.07, 6.45) is 1.46. The Bertz CT molecular complexity index is 422. The first-order valence-corrected chi connectivity index (χ1v) is 5.17. The number of hydrogen-bond acceptors (Lipinski definition) is 4. The van der Waals surface area contributed by atoms with Gasteiger partial charge in [-0.3, -0.25) is 4.79 Å². The molecule has 3 N–H and O–H groups in total. The molecule has 0 unspecified atom stereocenters. The molecular formula is C9H10BrN3O3. The quantitative estimate of drug-likeness (QED) is 0.758. The molecule has 1 aromatic rings. The van der Waals surface area contributed by atoms with E-state index < -0.39 is 5.97 Å². The molecule has 1 heterocycles. The molecule has 7 heteroatoms. The molecule has 0 bridgehead atoms. The number of carbonyl (C=O) groups excluding carboxylic acids is 1. The zero-order chi connectivity index (χ0) is 12.1. The fourth-order valence-electron chi connectivity index (χ4n) is 0.996. The van der Waals surface area contributed by atoms with Crippen molar-refractivity contribution < 1.29 is 14.7 Å². The number of aromatic carboxylic acids is 1. The number of carboxylic acids is 1. The van der Waals surface area contributed by atoms with E-state index in [1.807, 2.05) is 0 Å². The molecule has 1 amide bonds. The second kappa shape index (κ2) is 5.45. The minimum Gasteiger partial charge on any atom is -0.478 e. The van der Waals surface area contributed by atoms with Gasteiger partial charge in [0.1, 0.15) is 11.4 Å². The SMILES string of the molecule is CNC(=O)CNc1ncc(Br)cc1C(=O)O. The van der Waals surface area contributed by atoms with E-state index in [2.05, 4.69) is 31.5 Å². The van der Waals surface area contributed by atoms with Crippen molar-refractivity contribution in [3.63, 3.8) is 0 Å². The van der Waals surface area contributed by atoms with Crippen molar-refractivity contribution in [1.29, 1.82) is 0 Å². The Labute approximate surface area is 100 Å². The van der Waals surface area contributed by atoms with Gasteiger partial charge in [0.05, 0.1) is 6.54 Å². The van der Waals surface area contributed by atoms with Gasteiger partial charge in [-0.15, -0.1) is 0 Å². The molecule has 6 nitrogen and oxygen atoms in total. The van der Waals surface area contributed by atoms with Gasteiger partial charge in [-0.25, -0.2) is 9.78 Å². The molecule has 0 aromatic carbocycles. The van der Waals surface area contributed by atoms with Gasteiger partial charge in [-0.2, -0.15) is 0 Å². The van der Waals surface area contributed by atoms with Gasteiger partial charge in [0.25, 0.3) is 0 Å². The smallest absolute Gasteiger partial charge is 0.339 e. The lowest BCUT2D eigenvalue weighted by Gasteiger charge is -2.07. The van der Waals surface area contributed by atoms with Crippen LogP contribution in [-0.4, -0.2) is 35.6 Å². The summed E-state index contributed by atoms with van der Waals surface area (Å²) >= 11 is 3.13. The third-order valence-corrected chi connectivity index (χ3v) is 2.21. The predicted molar refractivity (Wildman–Crippen MR) is 61.5 cm³/mol. The molecule has 0 radical (unpaired) electrons. The van der Waals surface area contributed by atoms with Gasteiger partial charge in [0.15, 0.2) is 0 Å². The Balaban J connectivity index is 2.87. The van der Waals surface area contributed by atoms with Crippen molar-refractivity contribution in [3.05, 3.63) is 22.3 Å². The molecule has 0 saturated heterocycles. The standard InChI is InChI=1S/C9H10BrN3O3/c1-11-7(14)4-13-8-6(9(15)16)2-5(10)3-12-8/h2-3H,4H2,1H3,(H,11,14)(H,12,13)(H,15,16). The number of pyridine rings is 1. The number of halogens is 1. The number of anilines is 1. The minimum absolute atomic E-state index is 0.0123. The van der Waals surface area contributed by atoms with E-state index in [1.54, 1.807) is 0 Å². The molecule has 0 atom stereocenters. The summed E-state index contributed by atoms with van der Waals surface area (Å²) in [5.74, 6) is -1.19. The first-order valence-electron chi connectivity index (χ1n) is 4.38. The van der Waals surface area contributed by atoms with E-state index >= 15 is 0 Å². The number of carboxylic acid groups (broad SMARTS) is 1. The van der Waals surface area contributed by atoms with Gasteiger partial charge in [0.2, 0.25) is 5.91 Å². The van der Waals surface area contributed by atoms with Gasteiger partial charge in [-0.1, -0.05) is 0 Å². The van der Waals surface area contributed by atoms with E-state index in [0.29, 0.717) is 4.47 Å². The lowest BCUT2D eigenvalue weighted by molar-refractivity contribution is -0.118. The Kier molecular flexibility index (Phi) is 4.24. The molecule has 0 aliphatic carbocycles. The van der Waals surface area contributed by atoms with E-state index in [9.17, 15) is 9.59 Å². The van der Waals surface area contributed by atoms with E-state index in [4.69, 9.17) is 5.11 Å². The number of hydrogen-bond donors (Lipinski definition) is 3. The maximum Gasteiger partial charge on any atom is 0.339 e. The van der Waals surface area contributed by atoms with Crippen LogP contribution in [0, 0.1) is 0 Å². The average molecular weight is 288 g/mol. The van der Waals surface area contributed by atoms with Crippen molar-refractivity contribution in [2.45, 2.75) is 0 Å². The summed E-state index contributed by atoms with van der Waals surface area (Å²) in [5, 5.41) is 14.0. The van der Waals surface area contributed by atoms with E-state index in [-0.39, 0.29) is 23.8 Å². The zero-order valence-corrected chi connectivity index (χ0v) is 10.0. The van der Waals surface area contributed by atoms with E-state index in [1.165, 1.54) is 19.3 Å². The summed E-state index contributed by atoms with van der Waals surface area (Å²) in [4.78, 5) is 25.7. The van der Waals surface area contributed by atoms with Crippen LogP contribution in [0.4, 0.5) is 5.82 Å². The Morgan fingerprint density at radius 1 is 1.56 bits per heavy atom. The molecule has 0 saturated carbocycles. The molecule has 0 aliphatic heterocycles. The van der Waals surface area contributed by atoms with Gasteiger partial charge < -0.3 is 15.7 Å². The Morgan fingerprint density at radius 3 is 2.81 bits per heavy atom. The average Bonchev–Trinajstić information content (AvgIpc) is 2.26. The number of likely N-dealkylation sites (N-methyl/N-ethyl adjacent to an activating group) is 1. The molecule has 1 rings (SSSR count). The highest BCUT2D eigenvalue weighted by molar-refractivity contribution is 9.10. The van der Waals surface area contributed by atoms with Crippen LogP contribution in [0.15, 0.2) is 16.7 Å². The lowest BCUT2D eigenvalue weighted by Crippen LogP contribution is -2.27. The second-order valence-corrected chi connectivity index (χ2v) is 3.80. The molecular weight excluding hydrogens is 278 g/mol. The number of rotatable bonds is 4. The fourth-order valence-corrected chi connectivity index (χ4v) is 1.33. The number of nitrogens with one attached hydrogen (secondary N) is 2. The minimum atomic E-state index is -1.10. The number of carbonyl (C=O) groups is 2. The summed E-state index contributed by atoms with van der Waals surface area (Å²) < 4.78 is 0.565. The van der Waals surface area contributed by atoms with Crippen molar-refractivity contribution in [1.82, 2.24) is 10.3 Å². The highest BCUT2D eigenvalue weighted by Crippen LogP contribution is 2.17. The van der Waals surface area contributed by atoms with Crippen molar-refractivity contribution in [3.8, 4) is 0 Å². The molecule has 86 valence electrons. The predicted octanol–water partition coefficient (Wildman–Crippen LogP) is 0.700. The first kappa shape index (κ1) is 12.4. The molecule has 0 aliphatic rings. The Hall–Kier alpha value is -1.63.